The quantitative estimate of drug-likeness (QED) is 0.798. The third-order valence-corrected chi connectivity index (χ3v) is 3.69. The molecule has 0 aliphatic carbocycles. The van der Waals surface area contributed by atoms with Crippen molar-refractivity contribution in [1.82, 2.24) is 4.57 Å². The molecule has 0 saturated heterocycles. The van der Waals surface area contributed by atoms with Gasteiger partial charge in [0.05, 0.1) is 17.9 Å². The number of carbonyl (C=O) groups excluding carboxylic acids is 1. The molecule has 0 spiro atoms. The second kappa shape index (κ2) is 6.26. The molecule has 5 heteroatoms. The number of rotatable bonds is 3. The fourth-order valence-electron chi connectivity index (χ4n) is 2.33. The van der Waals surface area contributed by atoms with Gasteiger partial charge in [-0.2, -0.15) is 0 Å². The molecule has 0 N–H and O–H groups in total. The van der Waals surface area contributed by atoms with E-state index in [1.807, 2.05) is 24.3 Å². The van der Waals surface area contributed by atoms with Gasteiger partial charge in [0, 0.05) is 16.2 Å². The highest BCUT2D eigenvalue weighted by Crippen LogP contribution is 2.19. The van der Waals surface area contributed by atoms with Crippen LogP contribution in [0, 0.1) is 13.8 Å². The first kappa shape index (κ1) is 15.5. The molecule has 1 heterocycles. The van der Waals surface area contributed by atoms with E-state index in [4.69, 9.17) is 4.74 Å². The van der Waals surface area contributed by atoms with Gasteiger partial charge in [0.1, 0.15) is 0 Å². The van der Waals surface area contributed by atoms with Gasteiger partial charge in [-0.05, 0) is 44.5 Å². The minimum absolute atomic E-state index is 0.170. The number of halogens is 1. The highest BCUT2D eigenvalue weighted by molar-refractivity contribution is 9.10. The molecule has 0 aliphatic heterocycles. The molecule has 0 aliphatic rings. The van der Waals surface area contributed by atoms with E-state index in [1.54, 1.807) is 20.8 Å². The van der Waals surface area contributed by atoms with Crippen LogP contribution >= 0.6 is 15.9 Å². The van der Waals surface area contributed by atoms with Crippen LogP contribution in [0.4, 0.5) is 0 Å². The zero-order valence-corrected chi connectivity index (χ0v) is 13.7. The third-order valence-electron chi connectivity index (χ3n) is 3.20. The molecule has 0 fully saturated rings. The molecule has 110 valence electrons. The van der Waals surface area contributed by atoms with Crippen LogP contribution in [-0.2, 0) is 4.74 Å². The lowest BCUT2D eigenvalue weighted by molar-refractivity contribution is 0.0523. The third kappa shape index (κ3) is 3.08. The SMILES string of the molecule is CCOC(=O)c1c(C)cc(=O)n(-c2cccc(Br)c2)c1C. The highest BCUT2D eigenvalue weighted by atomic mass is 79.9. The molecule has 0 radical (unpaired) electrons. The Hall–Kier alpha value is -1.88. The number of hydrogen-bond donors (Lipinski definition) is 0. The maximum absolute atomic E-state index is 12.3. The summed E-state index contributed by atoms with van der Waals surface area (Å²) in [4.78, 5) is 24.4. The second-order valence-electron chi connectivity index (χ2n) is 4.66. The molecule has 2 rings (SSSR count). The van der Waals surface area contributed by atoms with Gasteiger partial charge in [0.2, 0.25) is 0 Å². The van der Waals surface area contributed by atoms with E-state index >= 15 is 0 Å². The van der Waals surface area contributed by atoms with E-state index < -0.39 is 5.97 Å². The van der Waals surface area contributed by atoms with Crippen LogP contribution in [0.3, 0.4) is 0 Å². The molecule has 21 heavy (non-hydrogen) atoms. The summed E-state index contributed by atoms with van der Waals surface area (Å²) in [7, 11) is 0. The van der Waals surface area contributed by atoms with Crippen molar-refractivity contribution in [2.24, 2.45) is 0 Å². The smallest absolute Gasteiger partial charge is 0.340 e. The van der Waals surface area contributed by atoms with Crippen molar-refractivity contribution in [1.29, 1.82) is 0 Å². The summed E-state index contributed by atoms with van der Waals surface area (Å²) in [5, 5.41) is 0. The number of hydrogen-bond acceptors (Lipinski definition) is 3. The van der Waals surface area contributed by atoms with Crippen molar-refractivity contribution in [2.75, 3.05) is 6.61 Å². The van der Waals surface area contributed by atoms with Crippen LogP contribution in [0.15, 0.2) is 39.6 Å². The Balaban J connectivity index is 2.70. The predicted molar refractivity (Wildman–Crippen MR) is 85.2 cm³/mol. The lowest BCUT2D eigenvalue weighted by atomic mass is 10.1. The van der Waals surface area contributed by atoms with Crippen LogP contribution in [-0.4, -0.2) is 17.1 Å². The molecule has 0 unspecified atom stereocenters. The van der Waals surface area contributed by atoms with Crippen LogP contribution in [0.25, 0.3) is 5.69 Å². The molecule has 2 aromatic rings. The molecular formula is C16H16BrNO3. The topological polar surface area (TPSA) is 48.3 Å². The standard InChI is InChI=1S/C16H16BrNO3/c1-4-21-16(20)15-10(2)8-14(19)18(11(15)3)13-7-5-6-12(17)9-13/h5-9H,4H2,1-3H3. The number of pyridine rings is 1. The van der Waals surface area contributed by atoms with E-state index in [9.17, 15) is 9.59 Å². The number of benzene rings is 1. The van der Waals surface area contributed by atoms with E-state index in [0.717, 1.165) is 4.47 Å². The van der Waals surface area contributed by atoms with Gasteiger partial charge in [-0.25, -0.2) is 4.79 Å². The monoisotopic (exact) mass is 349 g/mol. The first-order chi connectivity index (χ1) is 9.95. The fraction of sp³-hybridized carbons (Fsp3) is 0.250. The minimum atomic E-state index is -0.406. The van der Waals surface area contributed by atoms with Gasteiger partial charge in [-0.3, -0.25) is 9.36 Å². The van der Waals surface area contributed by atoms with Gasteiger partial charge in [0.15, 0.2) is 0 Å². The van der Waals surface area contributed by atoms with E-state index in [1.165, 1.54) is 10.6 Å². The van der Waals surface area contributed by atoms with Crippen LogP contribution in [0.1, 0.15) is 28.5 Å². The minimum Gasteiger partial charge on any atom is -0.462 e. The maximum atomic E-state index is 12.3. The molecule has 0 bridgehead atoms. The summed E-state index contributed by atoms with van der Waals surface area (Å²) < 4.78 is 7.46. The number of carbonyl (C=O) groups is 1. The Morgan fingerprint density at radius 1 is 1.29 bits per heavy atom. The number of aromatic nitrogens is 1. The summed E-state index contributed by atoms with van der Waals surface area (Å²) in [5.41, 5.74) is 2.18. The fourth-order valence-corrected chi connectivity index (χ4v) is 2.72. The van der Waals surface area contributed by atoms with Crippen molar-refractivity contribution in [3.8, 4) is 5.69 Å². The number of esters is 1. The van der Waals surface area contributed by atoms with Gasteiger partial charge in [-0.1, -0.05) is 22.0 Å². The number of ether oxygens (including phenoxy) is 1. The van der Waals surface area contributed by atoms with Crippen molar-refractivity contribution in [2.45, 2.75) is 20.8 Å². The van der Waals surface area contributed by atoms with E-state index in [-0.39, 0.29) is 5.56 Å². The van der Waals surface area contributed by atoms with Crippen LogP contribution in [0.5, 0.6) is 0 Å². The molecule has 0 amide bonds. The van der Waals surface area contributed by atoms with Crippen molar-refractivity contribution in [3.63, 3.8) is 0 Å². The predicted octanol–water partition coefficient (Wildman–Crippen LogP) is 3.39. The molecule has 1 aromatic carbocycles. The Morgan fingerprint density at radius 3 is 2.62 bits per heavy atom. The maximum Gasteiger partial charge on any atom is 0.340 e. The Labute approximate surface area is 131 Å². The first-order valence-electron chi connectivity index (χ1n) is 6.62. The second-order valence-corrected chi connectivity index (χ2v) is 5.58. The van der Waals surface area contributed by atoms with Gasteiger partial charge < -0.3 is 4.74 Å². The summed E-state index contributed by atoms with van der Waals surface area (Å²) in [6.45, 7) is 5.55. The van der Waals surface area contributed by atoms with E-state index in [2.05, 4.69) is 15.9 Å². The van der Waals surface area contributed by atoms with Crippen LogP contribution in [0.2, 0.25) is 0 Å². The molecular weight excluding hydrogens is 334 g/mol. The average molecular weight is 350 g/mol. The first-order valence-corrected chi connectivity index (χ1v) is 7.41. The van der Waals surface area contributed by atoms with Crippen molar-refractivity contribution < 1.29 is 9.53 Å². The largest absolute Gasteiger partial charge is 0.462 e. The summed E-state index contributed by atoms with van der Waals surface area (Å²) in [6.07, 6.45) is 0. The number of aryl methyl sites for hydroxylation is 1. The lowest BCUT2D eigenvalue weighted by Gasteiger charge is -2.15. The van der Waals surface area contributed by atoms with Crippen molar-refractivity contribution in [3.05, 3.63) is 62.0 Å². The zero-order chi connectivity index (χ0) is 15.6. The molecule has 4 nitrogen and oxygen atoms in total. The van der Waals surface area contributed by atoms with Gasteiger partial charge in [-0.15, -0.1) is 0 Å². The summed E-state index contributed by atoms with van der Waals surface area (Å²) in [6, 6.07) is 8.84. The average Bonchev–Trinajstić information content (AvgIpc) is 2.38. The van der Waals surface area contributed by atoms with Gasteiger partial charge >= 0.3 is 5.97 Å². The molecule has 0 saturated carbocycles. The molecule has 1 aromatic heterocycles. The van der Waals surface area contributed by atoms with Crippen molar-refractivity contribution >= 4 is 21.9 Å². The number of nitrogens with zero attached hydrogens (tertiary/aromatic N) is 1. The van der Waals surface area contributed by atoms with E-state index in [0.29, 0.717) is 29.1 Å². The zero-order valence-electron chi connectivity index (χ0n) is 12.1. The lowest BCUT2D eigenvalue weighted by Crippen LogP contribution is -2.24. The normalized spacial score (nSPS) is 10.5. The highest BCUT2D eigenvalue weighted by Gasteiger charge is 2.18. The summed E-state index contributed by atoms with van der Waals surface area (Å²) >= 11 is 3.39. The Bertz CT molecular complexity index is 750. The Morgan fingerprint density at radius 2 is 2.00 bits per heavy atom. The molecule has 0 atom stereocenters. The van der Waals surface area contributed by atoms with Gasteiger partial charge in [0.25, 0.3) is 5.56 Å². The van der Waals surface area contributed by atoms with Crippen LogP contribution < -0.4 is 5.56 Å². The Kier molecular flexibility index (Phi) is 4.63. The summed E-state index contributed by atoms with van der Waals surface area (Å²) in [5.74, 6) is -0.406.